The quantitative estimate of drug-likeness (QED) is 0.819. The average Bonchev–Trinajstić information content (AvgIpc) is 3.09. The lowest BCUT2D eigenvalue weighted by molar-refractivity contribution is -0.211. The van der Waals surface area contributed by atoms with Crippen LogP contribution in [0.4, 0.5) is 0 Å². The first-order chi connectivity index (χ1) is 8.89. The standard InChI is InChI=1S/C15H20O3/c1-2-8-14(9-3-1)16-12-15(17-10-11-18-15)13-6-4-5-7-13/h1-3,8-9,13H,4-7,10-12H2. The molecule has 1 aromatic rings. The van der Waals surface area contributed by atoms with Crippen LogP contribution in [0.15, 0.2) is 30.3 Å². The van der Waals surface area contributed by atoms with Crippen molar-refractivity contribution in [3.63, 3.8) is 0 Å². The molecule has 0 unspecified atom stereocenters. The van der Waals surface area contributed by atoms with Gasteiger partial charge >= 0.3 is 0 Å². The van der Waals surface area contributed by atoms with Crippen LogP contribution in [0, 0.1) is 5.92 Å². The fourth-order valence-corrected chi connectivity index (χ4v) is 2.97. The number of hydrogen-bond acceptors (Lipinski definition) is 3. The van der Waals surface area contributed by atoms with Crippen molar-refractivity contribution in [1.29, 1.82) is 0 Å². The fraction of sp³-hybridized carbons (Fsp3) is 0.600. The van der Waals surface area contributed by atoms with Gasteiger partial charge in [0, 0.05) is 5.92 Å². The molecule has 0 radical (unpaired) electrons. The van der Waals surface area contributed by atoms with Gasteiger partial charge in [-0.2, -0.15) is 0 Å². The minimum absolute atomic E-state index is 0.490. The molecule has 2 aliphatic rings. The first-order valence-electron chi connectivity index (χ1n) is 6.85. The van der Waals surface area contributed by atoms with Gasteiger partial charge in [-0.3, -0.25) is 0 Å². The molecular formula is C15H20O3. The highest BCUT2D eigenvalue weighted by molar-refractivity contribution is 5.21. The van der Waals surface area contributed by atoms with Gasteiger partial charge < -0.3 is 14.2 Å². The van der Waals surface area contributed by atoms with Gasteiger partial charge in [0.2, 0.25) is 5.79 Å². The summed E-state index contributed by atoms with van der Waals surface area (Å²) < 4.78 is 17.7. The summed E-state index contributed by atoms with van der Waals surface area (Å²) in [5.41, 5.74) is 0. The Balaban J connectivity index is 1.67. The Hall–Kier alpha value is -1.06. The van der Waals surface area contributed by atoms with Crippen molar-refractivity contribution in [3.8, 4) is 5.75 Å². The van der Waals surface area contributed by atoms with Gasteiger partial charge in [0.25, 0.3) is 0 Å². The minimum Gasteiger partial charge on any atom is -0.488 e. The molecule has 0 N–H and O–H groups in total. The van der Waals surface area contributed by atoms with Crippen molar-refractivity contribution >= 4 is 0 Å². The zero-order valence-electron chi connectivity index (χ0n) is 10.6. The summed E-state index contributed by atoms with van der Waals surface area (Å²) in [5, 5.41) is 0. The van der Waals surface area contributed by atoms with E-state index in [0.717, 1.165) is 5.75 Å². The molecule has 1 aromatic carbocycles. The third-order valence-corrected chi connectivity index (χ3v) is 3.94. The van der Waals surface area contributed by atoms with Crippen LogP contribution >= 0.6 is 0 Å². The zero-order chi connectivity index (χ0) is 12.3. The Labute approximate surface area is 108 Å². The lowest BCUT2D eigenvalue weighted by Gasteiger charge is -2.33. The molecule has 3 rings (SSSR count). The number of rotatable bonds is 4. The first kappa shape index (κ1) is 12.0. The van der Waals surface area contributed by atoms with E-state index in [1.54, 1.807) is 0 Å². The summed E-state index contributed by atoms with van der Waals surface area (Å²) in [6.07, 6.45) is 4.95. The van der Waals surface area contributed by atoms with Crippen LogP contribution in [0.3, 0.4) is 0 Å². The van der Waals surface area contributed by atoms with Gasteiger partial charge in [0.05, 0.1) is 13.2 Å². The number of benzene rings is 1. The summed E-state index contributed by atoms with van der Waals surface area (Å²) in [7, 11) is 0. The molecule has 0 atom stereocenters. The van der Waals surface area contributed by atoms with E-state index < -0.39 is 5.79 Å². The van der Waals surface area contributed by atoms with E-state index in [4.69, 9.17) is 14.2 Å². The second-order valence-corrected chi connectivity index (χ2v) is 5.09. The van der Waals surface area contributed by atoms with Crippen molar-refractivity contribution in [1.82, 2.24) is 0 Å². The van der Waals surface area contributed by atoms with Gasteiger partial charge in [0.15, 0.2) is 0 Å². The molecule has 3 heteroatoms. The molecule has 2 fully saturated rings. The monoisotopic (exact) mass is 248 g/mol. The van der Waals surface area contributed by atoms with E-state index in [0.29, 0.717) is 25.7 Å². The molecule has 18 heavy (non-hydrogen) atoms. The van der Waals surface area contributed by atoms with Crippen molar-refractivity contribution in [2.45, 2.75) is 31.5 Å². The molecule has 98 valence electrons. The van der Waals surface area contributed by atoms with Crippen LogP contribution in [-0.4, -0.2) is 25.6 Å². The maximum Gasteiger partial charge on any atom is 0.205 e. The second-order valence-electron chi connectivity index (χ2n) is 5.09. The van der Waals surface area contributed by atoms with Crippen molar-refractivity contribution in [2.75, 3.05) is 19.8 Å². The third kappa shape index (κ3) is 2.38. The first-order valence-corrected chi connectivity index (χ1v) is 6.85. The molecule has 0 spiro atoms. The van der Waals surface area contributed by atoms with Gasteiger partial charge in [-0.25, -0.2) is 0 Å². The molecule has 0 bridgehead atoms. The topological polar surface area (TPSA) is 27.7 Å². The summed E-state index contributed by atoms with van der Waals surface area (Å²) in [6.45, 7) is 1.88. The van der Waals surface area contributed by atoms with Crippen molar-refractivity contribution in [2.24, 2.45) is 5.92 Å². The highest BCUT2D eigenvalue weighted by Gasteiger charge is 2.46. The molecule has 1 aliphatic heterocycles. The normalized spacial score (nSPS) is 23.3. The SMILES string of the molecule is c1ccc(OCC2(C3CCCC3)OCCO2)cc1. The summed E-state index contributed by atoms with van der Waals surface area (Å²) in [5.74, 6) is 0.879. The number of ether oxygens (including phenoxy) is 3. The number of hydrogen-bond donors (Lipinski definition) is 0. The van der Waals surface area contributed by atoms with E-state index in [9.17, 15) is 0 Å². The summed E-state index contributed by atoms with van der Waals surface area (Å²) >= 11 is 0. The van der Waals surface area contributed by atoms with Crippen LogP contribution in [0.1, 0.15) is 25.7 Å². The van der Waals surface area contributed by atoms with E-state index in [1.807, 2.05) is 30.3 Å². The molecule has 1 heterocycles. The maximum atomic E-state index is 5.90. The smallest absolute Gasteiger partial charge is 0.205 e. The van der Waals surface area contributed by atoms with Crippen LogP contribution in [0.2, 0.25) is 0 Å². The van der Waals surface area contributed by atoms with Gasteiger partial charge in [-0.05, 0) is 25.0 Å². The third-order valence-electron chi connectivity index (χ3n) is 3.94. The Kier molecular flexibility index (Phi) is 3.52. The predicted octanol–water partition coefficient (Wildman–Crippen LogP) is 3.00. The Morgan fingerprint density at radius 3 is 2.39 bits per heavy atom. The largest absolute Gasteiger partial charge is 0.488 e. The van der Waals surface area contributed by atoms with Crippen LogP contribution in [0.25, 0.3) is 0 Å². The van der Waals surface area contributed by atoms with E-state index in [2.05, 4.69) is 0 Å². The Morgan fingerprint density at radius 2 is 1.72 bits per heavy atom. The van der Waals surface area contributed by atoms with Crippen LogP contribution in [-0.2, 0) is 9.47 Å². The second kappa shape index (κ2) is 5.29. The van der Waals surface area contributed by atoms with E-state index in [1.165, 1.54) is 25.7 Å². The molecule has 1 aliphatic carbocycles. The lowest BCUT2D eigenvalue weighted by Crippen LogP contribution is -2.44. The lowest BCUT2D eigenvalue weighted by atomic mass is 9.97. The zero-order valence-corrected chi connectivity index (χ0v) is 10.6. The van der Waals surface area contributed by atoms with E-state index >= 15 is 0 Å². The molecular weight excluding hydrogens is 228 g/mol. The molecule has 3 nitrogen and oxygen atoms in total. The van der Waals surface area contributed by atoms with Gasteiger partial charge in [-0.15, -0.1) is 0 Å². The highest BCUT2D eigenvalue weighted by Crippen LogP contribution is 2.39. The maximum absolute atomic E-state index is 5.90. The Morgan fingerprint density at radius 1 is 1.06 bits per heavy atom. The predicted molar refractivity (Wildman–Crippen MR) is 68.5 cm³/mol. The molecule has 1 saturated carbocycles. The highest BCUT2D eigenvalue weighted by atomic mass is 16.8. The van der Waals surface area contributed by atoms with Crippen LogP contribution in [0.5, 0.6) is 5.75 Å². The summed E-state index contributed by atoms with van der Waals surface area (Å²) in [6, 6.07) is 9.89. The Bertz CT molecular complexity index is 365. The number of para-hydroxylation sites is 1. The van der Waals surface area contributed by atoms with Gasteiger partial charge in [0.1, 0.15) is 12.4 Å². The molecule has 0 amide bonds. The molecule has 1 saturated heterocycles. The fourth-order valence-electron chi connectivity index (χ4n) is 2.97. The average molecular weight is 248 g/mol. The van der Waals surface area contributed by atoms with Gasteiger partial charge in [-0.1, -0.05) is 31.0 Å². The van der Waals surface area contributed by atoms with E-state index in [-0.39, 0.29) is 0 Å². The summed E-state index contributed by atoms with van der Waals surface area (Å²) in [4.78, 5) is 0. The van der Waals surface area contributed by atoms with Crippen LogP contribution < -0.4 is 4.74 Å². The van der Waals surface area contributed by atoms with Crippen molar-refractivity contribution in [3.05, 3.63) is 30.3 Å². The molecule has 0 aromatic heterocycles. The minimum atomic E-state index is -0.494. The van der Waals surface area contributed by atoms with Crippen molar-refractivity contribution < 1.29 is 14.2 Å².